The van der Waals surface area contributed by atoms with Crippen molar-refractivity contribution in [3.8, 4) is 0 Å². The van der Waals surface area contributed by atoms with E-state index in [2.05, 4.69) is 36.3 Å². The summed E-state index contributed by atoms with van der Waals surface area (Å²) in [4.78, 5) is 12.1. The van der Waals surface area contributed by atoms with Gasteiger partial charge in [-0.1, -0.05) is 20.8 Å². The molecule has 5 nitrogen and oxygen atoms in total. The highest BCUT2D eigenvalue weighted by molar-refractivity contribution is 5.96. The van der Waals surface area contributed by atoms with Crippen LogP contribution in [-0.4, -0.2) is 28.3 Å². The van der Waals surface area contributed by atoms with Crippen molar-refractivity contribution in [3.05, 3.63) is 11.8 Å². The van der Waals surface area contributed by atoms with Crippen LogP contribution in [0.1, 0.15) is 46.2 Å². The van der Waals surface area contributed by atoms with E-state index in [0.29, 0.717) is 12.4 Å². The van der Waals surface area contributed by atoms with Crippen LogP contribution in [0, 0.1) is 0 Å². The molecular weight excluding hydrogens is 230 g/mol. The van der Waals surface area contributed by atoms with Crippen molar-refractivity contribution in [1.29, 1.82) is 0 Å². The van der Waals surface area contributed by atoms with Crippen LogP contribution in [0.4, 0.5) is 5.82 Å². The third kappa shape index (κ3) is 2.56. The van der Waals surface area contributed by atoms with Crippen molar-refractivity contribution < 1.29 is 9.53 Å². The van der Waals surface area contributed by atoms with E-state index < -0.39 is 5.60 Å². The lowest BCUT2D eigenvalue weighted by atomic mass is 9.92. The molecule has 0 bridgehead atoms. The van der Waals surface area contributed by atoms with Gasteiger partial charge in [-0.15, -0.1) is 0 Å². The van der Waals surface area contributed by atoms with Crippen molar-refractivity contribution in [2.45, 2.75) is 51.6 Å². The van der Waals surface area contributed by atoms with Gasteiger partial charge in [0.15, 0.2) is 5.82 Å². The molecule has 0 saturated carbocycles. The molecule has 1 aromatic heterocycles. The maximum Gasteiger partial charge on any atom is 0.257 e. The fraction of sp³-hybridized carbons (Fsp3) is 0.692. The van der Waals surface area contributed by atoms with E-state index in [1.807, 2.05) is 13.0 Å². The summed E-state index contributed by atoms with van der Waals surface area (Å²) in [5, 5.41) is 9.87. The van der Waals surface area contributed by atoms with Crippen LogP contribution in [0.3, 0.4) is 0 Å². The molecule has 1 saturated heterocycles. The van der Waals surface area contributed by atoms with E-state index in [4.69, 9.17) is 4.74 Å². The number of carbonyl (C=O) groups is 1. The van der Waals surface area contributed by atoms with Crippen LogP contribution in [0.15, 0.2) is 6.07 Å². The summed E-state index contributed by atoms with van der Waals surface area (Å²) < 4.78 is 5.50. The number of nitrogens with zero attached hydrogens (tertiary/aromatic N) is 1. The van der Waals surface area contributed by atoms with Gasteiger partial charge in [-0.2, -0.15) is 5.10 Å². The number of aromatic nitrogens is 2. The average molecular weight is 251 g/mol. The van der Waals surface area contributed by atoms with E-state index in [1.165, 1.54) is 0 Å². The molecule has 1 aliphatic heterocycles. The van der Waals surface area contributed by atoms with Gasteiger partial charge in [0.05, 0.1) is 0 Å². The van der Waals surface area contributed by atoms with Gasteiger partial charge in [-0.05, 0) is 19.8 Å². The lowest BCUT2D eigenvalue weighted by Gasteiger charge is -2.21. The molecule has 1 unspecified atom stereocenters. The fourth-order valence-corrected chi connectivity index (χ4v) is 1.98. The second kappa shape index (κ2) is 4.39. The van der Waals surface area contributed by atoms with Crippen molar-refractivity contribution in [2.24, 2.45) is 0 Å². The predicted octanol–water partition coefficient (Wildman–Crippen LogP) is 2.21. The molecule has 2 N–H and O–H groups in total. The number of anilines is 1. The number of H-pyrrole nitrogens is 1. The third-order valence-corrected chi connectivity index (χ3v) is 3.33. The van der Waals surface area contributed by atoms with E-state index >= 15 is 0 Å². The lowest BCUT2D eigenvalue weighted by Crippen LogP contribution is -2.39. The quantitative estimate of drug-likeness (QED) is 0.847. The summed E-state index contributed by atoms with van der Waals surface area (Å²) in [5.74, 6) is 0.439. The molecule has 18 heavy (non-hydrogen) atoms. The molecule has 0 spiro atoms. The minimum absolute atomic E-state index is 0.0102. The average Bonchev–Trinajstić information content (AvgIpc) is 2.86. The minimum Gasteiger partial charge on any atom is -0.365 e. The standard InChI is InChI=1S/C13H21N3O2/c1-12(2,3)9-8-10(16-15-9)14-11(17)13(4)6-5-7-18-13/h8H,5-7H2,1-4H3,(H2,14,15,16,17). The molecule has 1 amide bonds. The molecule has 0 aliphatic carbocycles. The van der Waals surface area contributed by atoms with Crippen molar-refractivity contribution in [3.63, 3.8) is 0 Å². The molecule has 0 radical (unpaired) electrons. The summed E-state index contributed by atoms with van der Waals surface area (Å²) in [6.07, 6.45) is 1.69. The molecule has 2 rings (SSSR count). The summed E-state index contributed by atoms with van der Waals surface area (Å²) in [5.41, 5.74) is 0.278. The maximum atomic E-state index is 12.1. The number of rotatable bonds is 2. The number of amides is 1. The predicted molar refractivity (Wildman–Crippen MR) is 69.5 cm³/mol. The number of nitrogens with one attached hydrogen (secondary N) is 2. The van der Waals surface area contributed by atoms with Gasteiger partial charge in [0, 0.05) is 23.8 Å². The summed E-state index contributed by atoms with van der Waals surface area (Å²) in [7, 11) is 0. The van der Waals surface area contributed by atoms with E-state index in [1.54, 1.807) is 0 Å². The van der Waals surface area contributed by atoms with Crippen LogP contribution < -0.4 is 5.32 Å². The second-order valence-corrected chi connectivity index (χ2v) is 6.05. The lowest BCUT2D eigenvalue weighted by molar-refractivity contribution is -0.133. The Balaban J connectivity index is 2.06. The number of hydrogen-bond donors (Lipinski definition) is 2. The van der Waals surface area contributed by atoms with Gasteiger partial charge in [-0.3, -0.25) is 9.89 Å². The van der Waals surface area contributed by atoms with Gasteiger partial charge in [-0.25, -0.2) is 0 Å². The second-order valence-electron chi connectivity index (χ2n) is 6.05. The van der Waals surface area contributed by atoms with Gasteiger partial charge >= 0.3 is 0 Å². The Kier molecular flexibility index (Phi) is 3.19. The number of carbonyl (C=O) groups excluding carboxylic acids is 1. The van der Waals surface area contributed by atoms with Crippen LogP contribution in [0.5, 0.6) is 0 Å². The first-order valence-electron chi connectivity index (χ1n) is 6.33. The Hall–Kier alpha value is -1.36. The van der Waals surface area contributed by atoms with Gasteiger partial charge in [0.2, 0.25) is 0 Å². The first-order valence-corrected chi connectivity index (χ1v) is 6.33. The first kappa shape index (κ1) is 13.1. The normalized spacial score (nSPS) is 24.2. The van der Waals surface area contributed by atoms with Crippen LogP contribution in [0.25, 0.3) is 0 Å². The van der Waals surface area contributed by atoms with Gasteiger partial charge in [0.25, 0.3) is 5.91 Å². The SMILES string of the molecule is CC1(C(=O)Nc2cc(C(C)(C)C)[nH]n2)CCCO1. The topological polar surface area (TPSA) is 67.0 Å². The first-order chi connectivity index (χ1) is 8.31. The largest absolute Gasteiger partial charge is 0.365 e. The summed E-state index contributed by atoms with van der Waals surface area (Å²) in [6, 6.07) is 1.87. The highest BCUT2D eigenvalue weighted by atomic mass is 16.5. The Morgan fingerprint density at radius 2 is 2.28 bits per heavy atom. The Labute approximate surface area is 107 Å². The van der Waals surface area contributed by atoms with Crippen molar-refractivity contribution in [1.82, 2.24) is 10.2 Å². The van der Waals surface area contributed by atoms with E-state index in [9.17, 15) is 4.79 Å². The van der Waals surface area contributed by atoms with Gasteiger partial charge < -0.3 is 10.1 Å². The third-order valence-electron chi connectivity index (χ3n) is 3.33. The molecule has 0 aromatic carbocycles. The molecule has 1 aliphatic rings. The molecule has 5 heteroatoms. The molecule has 100 valence electrons. The Morgan fingerprint density at radius 1 is 1.56 bits per heavy atom. The summed E-state index contributed by atoms with van der Waals surface area (Å²) >= 11 is 0. The zero-order valence-electron chi connectivity index (χ0n) is 11.5. The molecular formula is C13H21N3O2. The molecule has 1 fully saturated rings. The molecule has 2 heterocycles. The zero-order chi connectivity index (χ0) is 13.4. The van der Waals surface area contributed by atoms with E-state index in [0.717, 1.165) is 18.5 Å². The van der Waals surface area contributed by atoms with Crippen LogP contribution in [0.2, 0.25) is 0 Å². The Bertz CT molecular complexity index is 439. The number of ether oxygens (including phenoxy) is 1. The molecule has 1 atom stereocenters. The van der Waals surface area contributed by atoms with Crippen LogP contribution in [-0.2, 0) is 14.9 Å². The number of hydrogen-bond acceptors (Lipinski definition) is 3. The monoisotopic (exact) mass is 251 g/mol. The van der Waals surface area contributed by atoms with Gasteiger partial charge in [0.1, 0.15) is 5.60 Å². The number of aromatic amines is 1. The highest BCUT2D eigenvalue weighted by Gasteiger charge is 2.38. The molecule has 1 aromatic rings. The summed E-state index contributed by atoms with van der Waals surface area (Å²) in [6.45, 7) is 8.75. The highest BCUT2D eigenvalue weighted by Crippen LogP contribution is 2.27. The zero-order valence-corrected chi connectivity index (χ0v) is 11.5. The Morgan fingerprint density at radius 3 is 2.78 bits per heavy atom. The van der Waals surface area contributed by atoms with Crippen LogP contribution >= 0.6 is 0 Å². The minimum atomic E-state index is -0.707. The smallest absolute Gasteiger partial charge is 0.257 e. The maximum absolute atomic E-state index is 12.1. The fourth-order valence-electron chi connectivity index (χ4n) is 1.98. The van der Waals surface area contributed by atoms with Crippen molar-refractivity contribution in [2.75, 3.05) is 11.9 Å². The van der Waals surface area contributed by atoms with E-state index in [-0.39, 0.29) is 11.3 Å². The van der Waals surface area contributed by atoms with Crippen molar-refractivity contribution >= 4 is 11.7 Å².